The predicted octanol–water partition coefficient (Wildman–Crippen LogP) is 2.49. The van der Waals surface area contributed by atoms with Gasteiger partial charge < -0.3 is 4.98 Å². The lowest BCUT2D eigenvalue weighted by Crippen LogP contribution is -2.21. The van der Waals surface area contributed by atoms with Crippen molar-refractivity contribution in [1.82, 2.24) is 9.97 Å². The summed E-state index contributed by atoms with van der Waals surface area (Å²) in [7, 11) is 0. The molecule has 0 radical (unpaired) electrons. The maximum atomic E-state index is 12.1. The summed E-state index contributed by atoms with van der Waals surface area (Å²) in [4.78, 5) is 41.6. The number of fused-ring (bicyclic) bond motifs is 3. The van der Waals surface area contributed by atoms with Crippen molar-refractivity contribution >= 4 is 17.3 Å². The Labute approximate surface area is 119 Å². The third kappa shape index (κ3) is 1.85. The van der Waals surface area contributed by atoms with E-state index in [1.807, 2.05) is 13.8 Å². The van der Waals surface area contributed by atoms with Crippen molar-refractivity contribution in [2.45, 2.75) is 19.8 Å². The van der Waals surface area contributed by atoms with Crippen molar-refractivity contribution in [3.63, 3.8) is 0 Å². The first-order valence-electron chi connectivity index (χ1n) is 6.38. The van der Waals surface area contributed by atoms with E-state index in [1.165, 1.54) is 12.1 Å². The Kier molecular flexibility index (Phi) is 2.72. The fourth-order valence-electron chi connectivity index (χ4n) is 2.30. The molecule has 0 unspecified atom stereocenters. The molecule has 0 saturated carbocycles. The molecule has 1 N–H and O–H groups in total. The Morgan fingerprint density at radius 3 is 2.52 bits per heavy atom. The molecular weight excluding hydrogens is 274 g/mol. The Balaban J connectivity index is 2.27. The van der Waals surface area contributed by atoms with Crippen LogP contribution in [-0.2, 0) is 0 Å². The van der Waals surface area contributed by atoms with Crippen LogP contribution >= 0.6 is 0 Å². The minimum absolute atomic E-state index is 0.0310. The number of Topliss-reactive ketones (excluding diaryl/α,β-unsaturated/α-hetero) is 2. The number of imidazole rings is 1. The first-order valence-corrected chi connectivity index (χ1v) is 6.38. The molecule has 3 rings (SSSR count). The summed E-state index contributed by atoms with van der Waals surface area (Å²) < 4.78 is 0. The SMILES string of the molecule is CC(C)c1nc2c([nH]1)C(=O)C(=O)c1cc([N+](=O)[O-])ccc1-2. The molecule has 0 spiro atoms. The number of H-pyrrole nitrogens is 1. The average Bonchev–Trinajstić information content (AvgIpc) is 2.89. The van der Waals surface area contributed by atoms with E-state index in [0.717, 1.165) is 6.07 Å². The maximum Gasteiger partial charge on any atom is 0.270 e. The molecular formula is C14H11N3O4. The summed E-state index contributed by atoms with van der Waals surface area (Å²) in [6, 6.07) is 3.89. The van der Waals surface area contributed by atoms with Crippen LogP contribution in [0.2, 0.25) is 0 Å². The van der Waals surface area contributed by atoms with E-state index in [1.54, 1.807) is 0 Å². The number of rotatable bonds is 2. The summed E-state index contributed by atoms with van der Waals surface area (Å²) in [5, 5.41) is 10.8. The molecule has 1 aromatic carbocycles. The van der Waals surface area contributed by atoms with Gasteiger partial charge in [0.1, 0.15) is 17.2 Å². The fraction of sp³-hybridized carbons (Fsp3) is 0.214. The fourth-order valence-corrected chi connectivity index (χ4v) is 2.30. The number of nitro benzene ring substituents is 1. The predicted molar refractivity (Wildman–Crippen MR) is 73.4 cm³/mol. The lowest BCUT2D eigenvalue weighted by Gasteiger charge is -2.12. The second kappa shape index (κ2) is 4.34. The number of nitro groups is 1. The lowest BCUT2D eigenvalue weighted by atomic mass is 9.90. The highest BCUT2D eigenvalue weighted by Crippen LogP contribution is 2.34. The van der Waals surface area contributed by atoms with Crippen molar-refractivity contribution in [3.05, 3.63) is 45.4 Å². The zero-order valence-corrected chi connectivity index (χ0v) is 11.3. The smallest absolute Gasteiger partial charge is 0.270 e. The number of aromatic amines is 1. The lowest BCUT2D eigenvalue weighted by molar-refractivity contribution is -0.384. The van der Waals surface area contributed by atoms with E-state index in [4.69, 9.17) is 0 Å². The van der Waals surface area contributed by atoms with Crippen molar-refractivity contribution in [1.29, 1.82) is 0 Å². The van der Waals surface area contributed by atoms with Crippen molar-refractivity contribution < 1.29 is 14.5 Å². The molecule has 106 valence electrons. The van der Waals surface area contributed by atoms with Crippen LogP contribution in [-0.4, -0.2) is 26.5 Å². The van der Waals surface area contributed by atoms with Crippen LogP contribution in [0.4, 0.5) is 5.69 Å². The minimum atomic E-state index is -0.750. The molecule has 2 aromatic rings. The molecule has 1 heterocycles. The summed E-state index contributed by atoms with van der Waals surface area (Å²) >= 11 is 0. The molecule has 0 fully saturated rings. The van der Waals surface area contributed by atoms with Crippen molar-refractivity contribution in [2.24, 2.45) is 0 Å². The van der Waals surface area contributed by atoms with Crippen LogP contribution in [0.25, 0.3) is 11.3 Å². The number of hydrogen-bond donors (Lipinski definition) is 1. The largest absolute Gasteiger partial charge is 0.338 e. The van der Waals surface area contributed by atoms with Gasteiger partial charge in [0, 0.05) is 29.2 Å². The second-order valence-corrected chi connectivity index (χ2v) is 5.15. The van der Waals surface area contributed by atoms with E-state index < -0.39 is 16.5 Å². The van der Waals surface area contributed by atoms with Crippen molar-refractivity contribution in [2.75, 3.05) is 0 Å². The Morgan fingerprint density at radius 2 is 1.90 bits per heavy atom. The maximum absolute atomic E-state index is 12.1. The molecule has 1 aromatic heterocycles. The molecule has 0 atom stereocenters. The summed E-state index contributed by atoms with van der Waals surface area (Å²) in [5.74, 6) is -0.787. The molecule has 21 heavy (non-hydrogen) atoms. The van der Waals surface area contributed by atoms with Gasteiger partial charge in [-0.3, -0.25) is 19.7 Å². The third-order valence-electron chi connectivity index (χ3n) is 3.42. The first-order chi connectivity index (χ1) is 9.90. The highest BCUT2D eigenvalue weighted by Gasteiger charge is 2.35. The molecule has 1 aliphatic carbocycles. The Hall–Kier alpha value is -2.83. The van der Waals surface area contributed by atoms with E-state index in [-0.39, 0.29) is 22.9 Å². The van der Waals surface area contributed by atoms with Gasteiger partial charge >= 0.3 is 0 Å². The molecule has 0 saturated heterocycles. The molecule has 7 heteroatoms. The number of aromatic nitrogens is 2. The van der Waals surface area contributed by atoms with E-state index in [9.17, 15) is 19.7 Å². The van der Waals surface area contributed by atoms with Crippen LogP contribution in [0.5, 0.6) is 0 Å². The van der Waals surface area contributed by atoms with Crippen LogP contribution in [0.15, 0.2) is 18.2 Å². The molecule has 7 nitrogen and oxygen atoms in total. The Morgan fingerprint density at radius 1 is 1.19 bits per heavy atom. The van der Waals surface area contributed by atoms with Gasteiger partial charge in [-0.1, -0.05) is 13.8 Å². The van der Waals surface area contributed by atoms with Gasteiger partial charge in [0.15, 0.2) is 0 Å². The first kappa shape index (κ1) is 13.2. The van der Waals surface area contributed by atoms with Gasteiger partial charge in [-0.25, -0.2) is 4.98 Å². The number of nitrogens with zero attached hydrogens (tertiary/aromatic N) is 2. The van der Waals surface area contributed by atoms with Gasteiger partial charge in [-0.05, 0) is 6.07 Å². The monoisotopic (exact) mass is 285 g/mol. The third-order valence-corrected chi connectivity index (χ3v) is 3.42. The van der Waals surface area contributed by atoms with Gasteiger partial charge in [0.2, 0.25) is 5.78 Å². The highest BCUT2D eigenvalue weighted by molar-refractivity contribution is 6.52. The van der Waals surface area contributed by atoms with Crippen LogP contribution in [0.1, 0.15) is 46.4 Å². The van der Waals surface area contributed by atoms with E-state index in [0.29, 0.717) is 17.1 Å². The quantitative estimate of drug-likeness (QED) is 0.518. The minimum Gasteiger partial charge on any atom is -0.338 e. The van der Waals surface area contributed by atoms with E-state index >= 15 is 0 Å². The van der Waals surface area contributed by atoms with Crippen LogP contribution < -0.4 is 0 Å². The number of carbonyl (C=O) groups excluding carboxylic acids is 2. The number of carbonyl (C=O) groups is 2. The van der Waals surface area contributed by atoms with Gasteiger partial charge in [0.25, 0.3) is 11.5 Å². The van der Waals surface area contributed by atoms with Crippen LogP contribution in [0.3, 0.4) is 0 Å². The molecule has 0 bridgehead atoms. The molecule has 0 aliphatic heterocycles. The van der Waals surface area contributed by atoms with E-state index in [2.05, 4.69) is 9.97 Å². The summed E-state index contributed by atoms with van der Waals surface area (Å²) in [6.45, 7) is 3.82. The van der Waals surface area contributed by atoms with Crippen LogP contribution in [0, 0.1) is 10.1 Å². The Bertz CT molecular complexity index is 805. The molecule has 1 aliphatic rings. The number of nitrogens with one attached hydrogen (secondary N) is 1. The standard InChI is InChI=1S/C14H11N3O4/c1-6(2)14-15-10-8-4-3-7(17(20)21)5-9(8)12(18)13(19)11(10)16-14/h3-6H,1-2H3,(H,15,16). The van der Waals surface area contributed by atoms with Crippen molar-refractivity contribution in [3.8, 4) is 11.3 Å². The zero-order chi connectivity index (χ0) is 15.3. The summed E-state index contributed by atoms with van der Waals surface area (Å²) in [5.41, 5.74) is 0.795. The number of non-ortho nitro benzene ring substituents is 1. The average molecular weight is 285 g/mol. The van der Waals surface area contributed by atoms with Gasteiger partial charge in [-0.2, -0.15) is 0 Å². The highest BCUT2D eigenvalue weighted by atomic mass is 16.6. The van der Waals surface area contributed by atoms with Gasteiger partial charge in [-0.15, -0.1) is 0 Å². The number of hydrogen-bond acceptors (Lipinski definition) is 5. The second-order valence-electron chi connectivity index (χ2n) is 5.15. The normalized spacial score (nSPS) is 13.3. The van der Waals surface area contributed by atoms with Gasteiger partial charge in [0.05, 0.1) is 4.92 Å². The molecule has 0 amide bonds. The topological polar surface area (TPSA) is 106 Å². The number of ketones is 2. The summed E-state index contributed by atoms with van der Waals surface area (Å²) in [6.07, 6.45) is 0. The number of benzene rings is 1. The zero-order valence-electron chi connectivity index (χ0n) is 11.3.